The standard InChI is InChI=1S/C30H33FN6O9.C30H35FN6O7.C6H10/c1-30(2,3)46-28(41)32-16-20-17-36(29(42)45-20)18-5-7-24(23(31)15-18)33-10-12-34(13-11-33)25(38)8-9-35-26(39)21-6-4-19(37(43)44)14-22(21)27(35)40;1-30(2,3)44-28(41)33-16-20-17-37(29(42)43-20)19-5-7-24(23(31)15-19)34-10-12-35(13-11-34)25(38)8-9-36-26(39)21-6-4-18(32)14-22(21)27(36)40;1-2-4-6-5-3-1/h4-7,14-15,20H,8-13,16-17H2,1-3H3,(H,32,41);4-7,14-15,20H,8-13,16-17,32H2,1-3H3,(H,33,41);1-2H,3-6H2/t2*20-;/m00./s1. The molecule has 10 amide bonds. The van der Waals surface area contributed by atoms with E-state index in [4.69, 9.17) is 24.7 Å². The van der Waals surface area contributed by atoms with Gasteiger partial charge in [0.2, 0.25) is 11.8 Å². The number of carbonyl (C=O) groups is 10. The van der Waals surface area contributed by atoms with Crippen molar-refractivity contribution in [2.24, 2.45) is 0 Å². The van der Waals surface area contributed by atoms with Crippen LogP contribution in [0.2, 0.25) is 0 Å². The number of rotatable bonds is 15. The number of nitrogens with zero attached hydrogens (tertiary/aromatic N) is 9. The number of carbonyl (C=O) groups excluding carboxylic acids is 10. The van der Waals surface area contributed by atoms with Crippen LogP contribution in [0.25, 0.3) is 0 Å². The lowest BCUT2D eigenvalue weighted by Gasteiger charge is -2.36. The van der Waals surface area contributed by atoms with Crippen LogP contribution in [-0.4, -0.2) is 199 Å². The molecule has 6 heterocycles. The van der Waals surface area contributed by atoms with E-state index in [-0.39, 0.29) is 105 Å². The lowest BCUT2D eigenvalue weighted by atomic mass is 10.1. The maximum absolute atomic E-state index is 15.2. The number of non-ortho nitro benzene ring substituents is 1. The number of piperazine rings is 2. The molecule has 4 fully saturated rings. The number of benzene rings is 4. The molecule has 0 spiro atoms. The fraction of sp³-hybridized carbons (Fsp3) is 0.455. The summed E-state index contributed by atoms with van der Waals surface area (Å²) in [4.78, 5) is 147. The lowest BCUT2D eigenvalue weighted by molar-refractivity contribution is -0.384. The van der Waals surface area contributed by atoms with Gasteiger partial charge < -0.3 is 54.9 Å². The third kappa shape index (κ3) is 17.3. The molecule has 512 valence electrons. The summed E-state index contributed by atoms with van der Waals surface area (Å²) in [7, 11) is 0. The second-order valence-corrected chi connectivity index (χ2v) is 25.6. The summed E-state index contributed by atoms with van der Waals surface area (Å²) in [5.74, 6) is -3.80. The Labute approximate surface area is 552 Å². The summed E-state index contributed by atoms with van der Waals surface area (Å²) in [6.07, 6.45) is 5.99. The van der Waals surface area contributed by atoms with Gasteiger partial charge in [-0.1, -0.05) is 12.2 Å². The van der Waals surface area contributed by atoms with Crippen LogP contribution < -0.4 is 36.0 Å². The molecule has 2 atom stereocenters. The van der Waals surface area contributed by atoms with E-state index in [0.717, 1.165) is 21.9 Å². The number of hydrogen-bond donors (Lipinski definition) is 3. The number of nitrogen functional groups attached to an aromatic ring is 1. The number of ether oxygens (including phenoxy) is 4. The molecule has 1 aliphatic carbocycles. The van der Waals surface area contributed by atoms with Crippen LogP contribution in [0, 0.1) is 21.7 Å². The molecule has 96 heavy (non-hydrogen) atoms. The summed E-state index contributed by atoms with van der Waals surface area (Å²) in [5.41, 5.74) is 6.22. The summed E-state index contributed by atoms with van der Waals surface area (Å²) in [5, 5.41) is 16.2. The number of hydrogen-bond acceptors (Lipinski definition) is 19. The number of nitrogens with one attached hydrogen (secondary N) is 2. The van der Waals surface area contributed by atoms with Crippen LogP contribution in [0.5, 0.6) is 0 Å². The molecule has 6 aliphatic heterocycles. The van der Waals surface area contributed by atoms with E-state index in [0.29, 0.717) is 67.7 Å². The molecule has 7 aliphatic rings. The van der Waals surface area contributed by atoms with Crippen LogP contribution in [0.4, 0.5) is 62.1 Å². The zero-order valence-corrected chi connectivity index (χ0v) is 54.3. The van der Waals surface area contributed by atoms with Gasteiger partial charge in [0.05, 0.1) is 76.1 Å². The highest BCUT2D eigenvalue weighted by Gasteiger charge is 2.40. The van der Waals surface area contributed by atoms with Gasteiger partial charge in [-0.05, 0) is 128 Å². The second-order valence-electron chi connectivity index (χ2n) is 25.6. The fourth-order valence-electron chi connectivity index (χ4n) is 11.5. The number of alkyl carbamates (subject to hydrolysis) is 2. The number of allylic oxidation sites excluding steroid dienone is 2. The summed E-state index contributed by atoms with van der Waals surface area (Å²) >= 11 is 0. The van der Waals surface area contributed by atoms with Crippen LogP contribution in [0.15, 0.2) is 84.9 Å². The Morgan fingerprint density at radius 1 is 0.562 bits per heavy atom. The molecular formula is C66H78F2N12O16. The Balaban J connectivity index is 0.000000207. The van der Waals surface area contributed by atoms with Gasteiger partial charge in [-0.25, -0.2) is 28.0 Å². The van der Waals surface area contributed by atoms with Crippen molar-refractivity contribution in [1.29, 1.82) is 0 Å². The minimum Gasteiger partial charge on any atom is -0.444 e. The number of amides is 10. The van der Waals surface area contributed by atoms with Gasteiger partial charge in [-0.2, -0.15) is 0 Å². The largest absolute Gasteiger partial charge is 0.444 e. The molecule has 0 bridgehead atoms. The Kier molecular flexibility index (Phi) is 21.8. The van der Waals surface area contributed by atoms with Crippen molar-refractivity contribution in [2.45, 2.75) is 103 Å². The molecule has 30 heteroatoms. The predicted octanol–water partition coefficient (Wildman–Crippen LogP) is 7.63. The van der Waals surface area contributed by atoms with Crippen molar-refractivity contribution in [3.63, 3.8) is 0 Å². The number of nitro benzene ring substituents is 1. The van der Waals surface area contributed by atoms with Crippen LogP contribution in [-0.2, 0) is 28.5 Å². The Morgan fingerprint density at radius 2 is 0.958 bits per heavy atom. The van der Waals surface area contributed by atoms with Gasteiger partial charge in [0.15, 0.2) is 0 Å². The monoisotopic (exact) mass is 1330 g/mol. The third-order valence-electron chi connectivity index (χ3n) is 16.3. The van der Waals surface area contributed by atoms with Crippen LogP contribution in [0.3, 0.4) is 0 Å². The summed E-state index contributed by atoms with van der Waals surface area (Å²) in [6, 6.07) is 16.8. The zero-order chi connectivity index (χ0) is 69.3. The number of halogens is 2. The van der Waals surface area contributed by atoms with Gasteiger partial charge in [0.1, 0.15) is 35.0 Å². The van der Waals surface area contributed by atoms with E-state index in [2.05, 4.69) is 22.8 Å². The van der Waals surface area contributed by atoms with Gasteiger partial charge >= 0.3 is 24.4 Å². The summed E-state index contributed by atoms with van der Waals surface area (Å²) < 4.78 is 51.5. The minimum atomic E-state index is -0.685. The first kappa shape index (κ1) is 69.9. The zero-order valence-electron chi connectivity index (χ0n) is 54.3. The molecule has 0 unspecified atom stereocenters. The Morgan fingerprint density at radius 3 is 1.33 bits per heavy atom. The molecular weight excluding hydrogens is 1250 g/mol. The number of imide groups is 2. The normalized spacial score (nSPS) is 18.5. The van der Waals surface area contributed by atoms with Crippen molar-refractivity contribution >= 4 is 93.9 Å². The topological polar surface area (TPSA) is 327 Å². The van der Waals surface area contributed by atoms with Gasteiger partial charge in [0.25, 0.3) is 29.3 Å². The average Bonchev–Trinajstić information content (AvgIpc) is 1.62. The highest BCUT2D eigenvalue weighted by Crippen LogP contribution is 2.33. The van der Waals surface area contributed by atoms with E-state index < -0.39 is 88.0 Å². The van der Waals surface area contributed by atoms with E-state index in [1.165, 1.54) is 65.8 Å². The fourth-order valence-corrected chi connectivity index (χ4v) is 11.5. The minimum absolute atomic E-state index is 0.0236. The van der Waals surface area contributed by atoms with E-state index in [1.807, 2.05) is 4.90 Å². The number of nitro groups is 1. The maximum atomic E-state index is 15.2. The highest BCUT2D eigenvalue weighted by atomic mass is 19.1. The molecule has 0 saturated carbocycles. The van der Waals surface area contributed by atoms with Crippen LogP contribution >= 0.6 is 0 Å². The molecule has 4 N–H and O–H groups in total. The number of anilines is 5. The maximum Gasteiger partial charge on any atom is 0.414 e. The van der Waals surface area contributed by atoms with Crippen molar-refractivity contribution in [3.05, 3.63) is 129 Å². The number of nitrogens with two attached hydrogens (primary N) is 1. The van der Waals surface area contributed by atoms with Crippen molar-refractivity contribution in [3.8, 4) is 0 Å². The average molecular weight is 1330 g/mol. The molecule has 4 aromatic rings. The first-order valence-corrected chi connectivity index (χ1v) is 31.6. The van der Waals surface area contributed by atoms with E-state index in [9.17, 15) is 58.1 Å². The van der Waals surface area contributed by atoms with Crippen LogP contribution in [0.1, 0.15) is 121 Å². The second kappa shape index (κ2) is 29.9. The number of fused-ring (bicyclic) bond motifs is 2. The Bertz CT molecular complexity index is 3720. The molecule has 0 aromatic heterocycles. The first-order valence-electron chi connectivity index (χ1n) is 31.6. The van der Waals surface area contributed by atoms with Crippen molar-refractivity contribution in [2.75, 3.05) is 117 Å². The van der Waals surface area contributed by atoms with Gasteiger partial charge in [-0.15, -0.1) is 0 Å². The highest BCUT2D eigenvalue weighted by molar-refractivity contribution is 6.22. The lowest BCUT2D eigenvalue weighted by Crippen LogP contribution is -2.49. The predicted molar refractivity (Wildman–Crippen MR) is 346 cm³/mol. The van der Waals surface area contributed by atoms with E-state index in [1.54, 1.807) is 86.6 Å². The van der Waals surface area contributed by atoms with Gasteiger partial charge in [-0.3, -0.25) is 58.5 Å². The van der Waals surface area contributed by atoms with Crippen molar-refractivity contribution < 1.29 is 80.6 Å². The molecule has 28 nitrogen and oxygen atoms in total. The quantitative estimate of drug-likeness (QED) is 0.0257. The van der Waals surface area contributed by atoms with Gasteiger partial charge in [0, 0.05) is 96.1 Å². The third-order valence-corrected chi connectivity index (χ3v) is 16.3. The first-order chi connectivity index (χ1) is 45.5. The van der Waals surface area contributed by atoms with E-state index >= 15 is 8.78 Å². The summed E-state index contributed by atoms with van der Waals surface area (Å²) in [6.45, 7) is 13.1. The number of cyclic esters (lactones) is 2. The van der Waals surface area contributed by atoms with Crippen molar-refractivity contribution in [1.82, 2.24) is 30.2 Å². The molecule has 4 saturated heterocycles. The smallest absolute Gasteiger partial charge is 0.414 e. The molecule has 11 rings (SSSR count). The SMILES string of the molecule is C1=CCCCC1.CC(C)(C)OC(=O)NC[C@H]1CN(c2ccc(N3CCN(C(=O)CCN4C(=O)c5ccc(N)cc5C4=O)CC3)c(F)c2)C(=O)O1.CC(C)(C)OC(=O)NC[C@H]1CN(c2ccc(N3CCN(C(=O)CCN4C(=O)c5ccc([N+](=O)[O-])cc5C4=O)CC3)c(F)c2)C(=O)O1. The Hall–Kier alpha value is -10.4. The molecule has 0 radical (unpaired) electrons. The molecule has 4 aromatic carbocycles.